The summed E-state index contributed by atoms with van der Waals surface area (Å²) in [7, 11) is -3.21. The Kier molecular flexibility index (Phi) is 6.82. The van der Waals surface area contributed by atoms with E-state index in [2.05, 4.69) is 12.1 Å². The van der Waals surface area contributed by atoms with Crippen LogP contribution < -0.4 is 4.74 Å². The summed E-state index contributed by atoms with van der Waals surface area (Å²) < 4.78 is 30.2. The highest BCUT2D eigenvalue weighted by Gasteiger charge is 2.12. The number of rotatable bonds is 8. The summed E-state index contributed by atoms with van der Waals surface area (Å²) in [5.41, 5.74) is 3.36. The summed E-state index contributed by atoms with van der Waals surface area (Å²) in [6.07, 6.45) is 5.17. The average molecular weight is 359 g/mol. The van der Waals surface area contributed by atoms with Gasteiger partial charge in [-0.2, -0.15) is 0 Å². The largest absolute Gasteiger partial charge is 0.493 e. The molecule has 0 atom stereocenters. The number of benzene rings is 2. The molecule has 25 heavy (non-hydrogen) atoms. The van der Waals surface area contributed by atoms with Gasteiger partial charge in [-0.05, 0) is 62.9 Å². The molecule has 3 nitrogen and oxygen atoms in total. The van der Waals surface area contributed by atoms with Crippen molar-refractivity contribution in [1.29, 1.82) is 0 Å². The highest BCUT2D eigenvalue weighted by atomic mass is 32.2. The normalized spacial score (nSPS) is 11.8. The van der Waals surface area contributed by atoms with Gasteiger partial charge in [-0.25, -0.2) is 8.42 Å². The third kappa shape index (κ3) is 6.05. The van der Waals surface area contributed by atoms with Gasteiger partial charge in [0.05, 0.1) is 17.3 Å². The molecular weight excluding hydrogens is 332 g/mol. The Bertz CT molecular complexity index is 819. The fraction of sp³-hybridized carbons (Fsp3) is 0.333. The number of ether oxygens (including phenoxy) is 1. The van der Waals surface area contributed by atoms with Crippen molar-refractivity contribution in [3.05, 3.63) is 71.3 Å². The minimum Gasteiger partial charge on any atom is -0.493 e. The first-order valence-electron chi connectivity index (χ1n) is 8.53. The lowest BCUT2D eigenvalue weighted by Gasteiger charge is -2.08. The number of aryl methyl sites for hydroxylation is 3. The van der Waals surface area contributed by atoms with Gasteiger partial charge in [-0.1, -0.05) is 42.0 Å². The second-order valence-electron chi connectivity index (χ2n) is 6.30. The molecule has 0 heterocycles. The Morgan fingerprint density at radius 2 is 1.52 bits per heavy atom. The molecule has 134 valence electrons. The highest BCUT2D eigenvalue weighted by molar-refractivity contribution is 7.91. The average Bonchev–Trinajstić information content (AvgIpc) is 2.57. The van der Waals surface area contributed by atoms with Gasteiger partial charge in [0.1, 0.15) is 5.75 Å². The van der Waals surface area contributed by atoms with Crippen LogP contribution in [0.15, 0.2) is 59.5 Å². The van der Waals surface area contributed by atoms with Crippen molar-refractivity contribution in [2.75, 3.05) is 12.4 Å². The molecule has 0 aromatic heterocycles. The molecule has 0 bridgehead atoms. The van der Waals surface area contributed by atoms with Crippen LogP contribution in [-0.4, -0.2) is 20.8 Å². The standard InChI is InChI=1S/C21H26O3S/c1-17-9-12-20(13-10-17)25(22,23)15-7-5-4-6-14-24-21-16-18(2)8-11-19(21)3/h4-5,8-13,16H,6-7,14-15H2,1-3H3. The molecule has 2 aromatic rings. The molecule has 2 rings (SSSR count). The predicted molar refractivity (Wildman–Crippen MR) is 103 cm³/mol. The van der Waals surface area contributed by atoms with Gasteiger partial charge in [0.2, 0.25) is 0 Å². The summed E-state index contributed by atoms with van der Waals surface area (Å²) in [4.78, 5) is 0.393. The van der Waals surface area contributed by atoms with E-state index in [4.69, 9.17) is 4.74 Å². The zero-order chi connectivity index (χ0) is 18.3. The van der Waals surface area contributed by atoms with Gasteiger partial charge in [0.25, 0.3) is 0 Å². The van der Waals surface area contributed by atoms with Crippen molar-refractivity contribution in [2.24, 2.45) is 0 Å². The molecule has 4 heteroatoms. The third-order valence-electron chi connectivity index (χ3n) is 3.99. The number of sulfone groups is 1. The van der Waals surface area contributed by atoms with E-state index in [0.29, 0.717) is 17.9 Å². The third-order valence-corrected chi connectivity index (χ3v) is 5.75. The molecule has 2 aromatic carbocycles. The second-order valence-corrected chi connectivity index (χ2v) is 8.41. The summed E-state index contributed by atoms with van der Waals surface area (Å²) in [6.45, 7) is 6.60. The van der Waals surface area contributed by atoms with E-state index in [1.54, 1.807) is 12.1 Å². The van der Waals surface area contributed by atoms with Crippen LogP contribution >= 0.6 is 0 Å². The highest BCUT2D eigenvalue weighted by Crippen LogP contribution is 2.19. The van der Waals surface area contributed by atoms with Gasteiger partial charge in [-0.15, -0.1) is 0 Å². The first kappa shape index (κ1) is 19.3. The summed E-state index contributed by atoms with van der Waals surface area (Å²) >= 11 is 0. The summed E-state index contributed by atoms with van der Waals surface area (Å²) in [6, 6.07) is 13.2. The SMILES string of the molecule is Cc1ccc(S(=O)(=O)CCC=CCCOc2cc(C)ccc2C)cc1. The van der Waals surface area contributed by atoms with Gasteiger partial charge < -0.3 is 4.74 Å². The van der Waals surface area contributed by atoms with Crippen molar-refractivity contribution >= 4 is 9.84 Å². The maximum atomic E-state index is 12.2. The minimum atomic E-state index is -3.21. The Balaban J connectivity index is 1.74. The van der Waals surface area contributed by atoms with E-state index in [1.807, 2.05) is 51.1 Å². The van der Waals surface area contributed by atoms with Crippen LogP contribution in [0.3, 0.4) is 0 Å². The predicted octanol–water partition coefficient (Wildman–Crippen LogP) is 4.80. The van der Waals surface area contributed by atoms with E-state index in [1.165, 1.54) is 5.56 Å². The lowest BCUT2D eigenvalue weighted by Crippen LogP contribution is -2.06. The van der Waals surface area contributed by atoms with Crippen molar-refractivity contribution in [3.63, 3.8) is 0 Å². The molecule has 0 aliphatic heterocycles. The zero-order valence-corrected chi connectivity index (χ0v) is 16.0. The van der Waals surface area contributed by atoms with E-state index < -0.39 is 9.84 Å². The monoisotopic (exact) mass is 358 g/mol. The fourth-order valence-corrected chi connectivity index (χ4v) is 3.65. The van der Waals surface area contributed by atoms with Crippen LogP contribution in [0, 0.1) is 20.8 Å². The quantitative estimate of drug-likeness (QED) is 0.503. The van der Waals surface area contributed by atoms with E-state index >= 15 is 0 Å². The molecule has 0 radical (unpaired) electrons. The first-order chi connectivity index (χ1) is 11.9. The van der Waals surface area contributed by atoms with Gasteiger partial charge in [0.15, 0.2) is 9.84 Å². The van der Waals surface area contributed by atoms with Crippen molar-refractivity contribution in [2.45, 2.75) is 38.5 Å². The number of allylic oxidation sites excluding steroid dienone is 1. The van der Waals surface area contributed by atoms with Crippen LogP contribution in [0.1, 0.15) is 29.5 Å². The molecule has 0 N–H and O–H groups in total. The first-order valence-corrected chi connectivity index (χ1v) is 10.2. The Morgan fingerprint density at radius 1 is 0.880 bits per heavy atom. The summed E-state index contributed by atoms with van der Waals surface area (Å²) in [5.74, 6) is 1.04. The molecule has 0 aliphatic carbocycles. The maximum absolute atomic E-state index is 12.2. The molecule has 0 saturated carbocycles. The molecule has 0 unspecified atom stereocenters. The topological polar surface area (TPSA) is 43.4 Å². The van der Waals surface area contributed by atoms with Crippen LogP contribution in [0.2, 0.25) is 0 Å². The number of hydrogen-bond donors (Lipinski definition) is 0. The van der Waals surface area contributed by atoms with Crippen LogP contribution in [0.4, 0.5) is 0 Å². The zero-order valence-electron chi connectivity index (χ0n) is 15.2. The van der Waals surface area contributed by atoms with Crippen LogP contribution in [0.5, 0.6) is 5.75 Å². The Morgan fingerprint density at radius 3 is 2.24 bits per heavy atom. The van der Waals surface area contributed by atoms with Crippen LogP contribution in [-0.2, 0) is 9.84 Å². The van der Waals surface area contributed by atoms with Gasteiger partial charge >= 0.3 is 0 Å². The van der Waals surface area contributed by atoms with Crippen molar-refractivity contribution in [3.8, 4) is 5.75 Å². The Hall–Kier alpha value is -2.07. The molecule has 0 aliphatic rings. The maximum Gasteiger partial charge on any atom is 0.178 e. The van der Waals surface area contributed by atoms with E-state index in [-0.39, 0.29) is 5.75 Å². The van der Waals surface area contributed by atoms with Gasteiger partial charge in [0, 0.05) is 0 Å². The molecule has 0 fully saturated rings. The molecule has 0 spiro atoms. The summed E-state index contributed by atoms with van der Waals surface area (Å²) in [5, 5.41) is 0. The molecule has 0 amide bonds. The minimum absolute atomic E-state index is 0.129. The van der Waals surface area contributed by atoms with E-state index in [9.17, 15) is 8.42 Å². The van der Waals surface area contributed by atoms with E-state index in [0.717, 1.165) is 23.3 Å². The molecular formula is C21H26O3S. The Labute approximate surface area is 151 Å². The molecule has 0 saturated heterocycles. The van der Waals surface area contributed by atoms with Crippen molar-refractivity contribution in [1.82, 2.24) is 0 Å². The van der Waals surface area contributed by atoms with Crippen LogP contribution in [0.25, 0.3) is 0 Å². The fourth-order valence-electron chi connectivity index (χ4n) is 2.42. The smallest absolute Gasteiger partial charge is 0.178 e. The van der Waals surface area contributed by atoms with Crippen molar-refractivity contribution < 1.29 is 13.2 Å². The number of hydrogen-bond acceptors (Lipinski definition) is 3. The second kappa shape index (κ2) is 8.86. The van der Waals surface area contributed by atoms with Gasteiger partial charge in [-0.3, -0.25) is 0 Å². The lowest BCUT2D eigenvalue weighted by molar-refractivity contribution is 0.322. The lowest BCUT2D eigenvalue weighted by atomic mass is 10.1.